The zero-order chi connectivity index (χ0) is 34.8. The monoisotopic (exact) mass is 687 g/mol. The molecule has 5 aromatic rings. The number of carbonyl (C=O) groups excluding carboxylic acids is 2. The molecule has 0 saturated heterocycles. The lowest BCUT2D eigenvalue weighted by Gasteiger charge is -2.30. The molecular weight excluding hydrogens is 650 g/mol. The molecule has 0 radical (unpaired) electrons. The molecule has 2 aliphatic rings. The lowest BCUT2D eigenvalue weighted by atomic mass is 9.83. The van der Waals surface area contributed by atoms with Gasteiger partial charge in [0.2, 0.25) is 5.91 Å². The molecule has 10 heteroatoms. The first kappa shape index (κ1) is 33.4. The van der Waals surface area contributed by atoms with Gasteiger partial charge >= 0.3 is 0 Å². The van der Waals surface area contributed by atoms with Crippen LogP contribution in [-0.4, -0.2) is 43.6 Å². The summed E-state index contributed by atoms with van der Waals surface area (Å²) in [6, 6.07) is 30.4. The van der Waals surface area contributed by atoms with Crippen molar-refractivity contribution in [3.05, 3.63) is 148 Å². The van der Waals surface area contributed by atoms with E-state index in [9.17, 15) is 19.8 Å². The first-order valence-electron chi connectivity index (χ1n) is 16.8. The molecular formula is C40H38ClN5O4. The molecule has 50 heavy (non-hydrogen) atoms. The minimum Gasteiger partial charge on any atom is -0.395 e. The molecule has 1 aromatic heterocycles. The van der Waals surface area contributed by atoms with Gasteiger partial charge in [-0.25, -0.2) is 0 Å². The number of aromatic nitrogens is 3. The molecule has 2 N–H and O–H groups in total. The lowest BCUT2D eigenvalue weighted by molar-refractivity contribution is -0.139. The van der Waals surface area contributed by atoms with E-state index in [4.69, 9.17) is 11.6 Å². The summed E-state index contributed by atoms with van der Waals surface area (Å²) in [6.45, 7) is 2.48. The van der Waals surface area contributed by atoms with Crippen LogP contribution in [-0.2, 0) is 34.7 Å². The SMILES string of the molecule is C[C@H](/C=C/CCn1cc(C(CO)c2ccccc2)nn1)[C@@]1(O)C(=O)N(Cc2cccc(N3C(=O)CCc4ccccc43)c2)c2ccc(Cl)cc21. The maximum Gasteiger partial charge on any atom is 0.264 e. The summed E-state index contributed by atoms with van der Waals surface area (Å²) in [5.74, 6) is -1.24. The third-order valence-electron chi connectivity index (χ3n) is 9.74. The number of benzene rings is 4. The van der Waals surface area contributed by atoms with Gasteiger partial charge in [0.15, 0.2) is 5.60 Å². The number of fused-ring (bicyclic) bond motifs is 2. The van der Waals surface area contributed by atoms with Crippen LogP contribution in [0, 0.1) is 5.92 Å². The summed E-state index contributed by atoms with van der Waals surface area (Å²) in [4.78, 5) is 30.6. The van der Waals surface area contributed by atoms with Crippen LogP contribution in [0.3, 0.4) is 0 Å². The van der Waals surface area contributed by atoms with Gasteiger partial charge in [0, 0.05) is 41.4 Å². The van der Waals surface area contributed by atoms with E-state index in [-0.39, 0.29) is 25.0 Å². The highest BCUT2D eigenvalue weighted by molar-refractivity contribution is 6.31. The van der Waals surface area contributed by atoms with Gasteiger partial charge in [-0.2, -0.15) is 0 Å². The number of allylic oxidation sites excluding steroid dienone is 1. The van der Waals surface area contributed by atoms with Crippen LogP contribution in [0.1, 0.15) is 53.6 Å². The van der Waals surface area contributed by atoms with Crippen molar-refractivity contribution in [3.8, 4) is 0 Å². The Labute approximate surface area is 296 Å². The minimum absolute atomic E-state index is 0.0267. The second-order valence-electron chi connectivity index (χ2n) is 12.9. The number of aryl methyl sites for hydroxylation is 2. The van der Waals surface area contributed by atoms with E-state index < -0.39 is 17.4 Å². The molecule has 9 nitrogen and oxygen atoms in total. The summed E-state index contributed by atoms with van der Waals surface area (Å²) >= 11 is 6.41. The van der Waals surface area contributed by atoms with Crippen molar-refractivity contribution in [1.82, 2.24) is 15.0 Å². The molecule has 1 unspecified atom stereocenters. The van der Waals surface area contributed by atoms with Gasteiger partial charge in [0.05, 0.1) is 36.1 Å². The Hall–Kier alpha value is -5.09. The van der Waals surface area contributed by atoms with Crippen molar-refractivity contribution < 1.29 is 19.8 Å². The number of hydrogen-bond donors (Lipinski definition) is 2. The number of aliphatic hydroxyl groups is 2. The number of para-hydroxylation sites is 1. The number of anilines is 3. The quantitative estimate of drug-likeness (QED) is 0.150. The third kappa shape index (κ3) is 6.24. The highest BCUT2D eigenvalue weighted by atomic mass is 35.5. The van der Waals surface area contributed by atoms with Crippen molar-refractivity contribution in [2.45, 2.75) is 50.8 Å². The van der Waals surface area contributed by atoms with E-state index in [0.717, 1.165) is 28.1 Å². The van der Waals surface area contributed by atoms with Crippen molar-refractivity contribution in [1.29, 1.82) is 0 Å². The normalized spacial score (nSPS) is 18.4. The molecule has 3 atom stereocenters. The lowest BCUT2D eigenvalue weighted by Crippen LogP contribution is -2.44. The molecule has 2 amide bonds. The van der Waals surface area contributed by atoms with Crippen LogP contribution in [0.2, 0.25) is 5.02 Å². The number of aliphatic hydroxyl groups excluding tert-OH is 1. The van der Waals surface area contributed by atoms with Crippen LogP contribution in [0.4, 0.5) is 17.1 Å². The van der Waals surface area contributed by atoms with Gasteiger partial charge < -0.3 is 15.1 Å². The fourth-order valence-electron chi connectivity index (χ4n) is 7.05. The van der Waals surface area contributed by atoms with Gasteiger partial charge in [-0.15, -0.1) is 5.10 Å². The molecule has 0 fully saturated rings. The molecule has 4 aromatic carbocycles. The van der Waals surface area contributed by atoms with E-state index in [1.54, 1.807) is 32.7 Å². The maximum absolute atomic E-state index is 14.2. The van der Waals surface area contributed by atoms with Crippen LogP contribution in [0.5, 0.6) is 0 Å². The molecule has 0 aliphatic carbocycles. The van der Waals surface area contributed by atoms with Crippen LogP contribution < -0.4 is 9.80 Å². The predicted molar refractivity (Wildman–Crippen MR) is 193 cm³/mol. The standard InChI is InChI=1S/C40H38ClN5O4/c1-27(10-7-8-21-44-25-35(42-43-44)33(26-47)29-12-3-2-4-13-29)40(50)34-23-31(41)18-19-37(34)45(39(40)49)24-28-11-9-15-32(22-28)46-36-16-6-5-14-30(36)17-20-38(46)48/h2-7,9-16,18-19,22-23,25,27,33,47,50H,8,17,20-21,24,26H2,1H3/b10-7+/t27-,33?,40+/m1/s1. The van der Waals surface area contributed by atoms with Crippen LogP contribution in [0.25, 0.3) is 0 Å². The average molecular weight is 688 g/mol. The molecule has 0 spiro atoms. The van der Waals surface area contributed by atoms with Gasteiger partial charge in [-0.3, -0.25) is 19.2 Å². The number of hydrogen-bond acceptors (Lipinski definition) is 6. The fraction of sp³-hybridized carbons (Fsp3) is 0.250. The first-order chi connectivity index (χ1) is 24.3. The molecule has 3 heterocycles. The Morgan fingerprint density at radius 3 is 2.56 bits per heavy atom. The van der Waals surface area contributed by atoms with E-state index >= 15 is 0 Å². The maximum atomic E-state index is 14.2. The molecule has 2 aliphatic heterocycles. The zero-order valence-electron chi connectivity index (χ0n) is 27.7. The largest absolute Gasteiger partial charge is 0.395 e. The zero-order valence-corrected chi connectivity index (χ0v) is 28.4. The predicted octanol–water partition coefficient (Wildman–Crippen LogP) is 6.68. The fourth-order valence-corrected chi connectivity index (χ4v) is 7.22. The Morgan fingerprint density at radius 2 is 1.74 bits per heavy atom. The molecule has 0 saturated carbocycles. The minimum atomic E-state index is -1.83. The molecule has 0 bridgehead atoms. The van der Waals surface area contributed by atoms with Crippen molar-refractivity contribution in [2.75, 3.05) is 16.4 Å². The summed E-state index contributed by atoms with van der Waals surface area (Å²) in [7, 11) is 0. The Kier molecular flexibility index (Phi) is 9.38. The third-order valence-corrected chi connectivity index (χ3v) is 9.97. The number of amides is 2. The van der Waals surface area contributed by atoms with E-state index in [2.05, 4.69) is 10.3 Å². The smallest absolute Gasteiger partial charge is 0.264 e. The Bertz CT molecular complexity index is 2060. The Balaban J connectivity index is 1.07. The van der Waals surface area contributed by atoms with Crippen molar-refractivity contribution in [3.63, 3.8) is 0 Å². The van der Waals surface area contributed by atoms with E-state index in [0.29, 0.717) is 47.8 Å². The van der Waals surface area contributed by atoms with E-state index in [1.165, 1.54) is 0 Å². The summed E-state index contributed by atoms with van der Waals surface area (Å²) in [5, 5.41) is 31.1. The van der Waals surface area contributed by atoms with Crippen molar-refractivity contribution in [2.24, 2.45) is 5.92 Å². The number of nitrogens with zero attached hydrogens (tertiary/aromatic N) is 5. The highest BCUT2D eigenvalue weighted by Gasteiger charge is 2.52. The average Bonchev–Trinajstić information content (AvgIpc) is 3.68. The number of carbonyl (C=O) groups is 2. The van der Waals surface area contributed by atoms with E-state index in [1.807, 2.05) is 104 Å². The molecule has 7 rings (SSSR count). The Morgan fingerprint density at radius 1 is 0.940 bits per heavy atom. The second-order valence-corrected chi connectivity index (χ2v) is 13.3. The van der Waals surface area contributed by atoms with Gasteiger partial charge in [-0.05, 0) is 65.9 Å². The van der Waals surface area contributed by atoms with Gasteiger partial charge in [0.1, 0.15) is 0 Å². The summed E-state index contributed by atoms with van der Waals surface area (Å²) in [5.41, 5.74) is 4.43. The summed E-state index contributed by atoms with van der Waals surface area (Å²) < 4.78 is 1.73. The number of halogens is 1. The van der Waals surface area contributed by atoms with Crippen LogP contribution in [0.15, 0.2) is 115 Å². The van der Waals surface area contributed by atoms with Crippen LogP contribution >= 0.6 is 11.6 Å². The summed E-state index contributed by atoms with van der Waals surface area (Å²) in [6.07, 6.45) is 7.34. The van der Waals surface area contributed by atoms with Crippen molar-refractivity contribution >= 4 is 40.5 Å². The first-order valence-corrected chi connectivity index (χ1v) is 17.2. The second kappa shape index (κ2) is 14.0. The topological polar surface area (TPSA) is 112 Å². The van der Waals surface area contributed by atoms with Gasteiger partial charge in [-0.1, -0.05) is 96.6 Å². The number of rotatable bonds is 11. The molecule has 254 valence electrons. The highest BCUT2D eigenvalue weighted by Crippen LogP contribution is 2.47. The van der Waals surface area contributed by atoms with Gasteiger partial charge in [0.25, 0.3) is 5.91 Å².